The second-order valence-corrected chi connectivity index (χ2v) is 8.07. The highest BCUT2D eigenvalue weighted by Gasteiger charge is 2.33. The molecule has 4 aromatic rings. The van der Waals surface area contributed by atoms with Crippen molar-refractivity contribution in [2.24, 2.45) is 0 Å². The Morgan fingerprint density at radius 3 is 2.96 bits per heavy atom. The van der Waals surface area contributed by atoms with Crippen molar-refractivity contribution < 1.29 is 14.2 Å². The summed E-state index contributed by atoms with van der Waals surface area (Å²) in [4.78, 5) is 6.26. The highest BCUT2D eigenvalue weighted by molar-refractivity contribution is 7.17. The zero-order valence-electron chi connectivity index (χ0n) is 14.7. The Morgan fingerprint density at radius 1 is 1.39 bits per heavy atom. The van der Waals surface area contributed by atoms with Crippen molar-refractivity contribution in [1.82, 2.24) is 24.4 Å². The van der Waals surface area contributed by atoms with Crippen LogP contribution in [-0.2, 0) is 0 Å². The fraction of sp³-hybridized carbons (Fsp3) is 0.278. The third-order valence-electron chi connectivity index (χ3n) is 4.82. The van der Waals surface area contributed by atoms with E-state index in [9.17, 15) is 9.50 Å². The van der Waals surface area contributed by atoms with Crippen molar-refractivity contribution in [2.75, 3.05) is 7.11 Å². The van der Waals surface area contributed by atoms with Gasteiger partial charge in [-0.05, 0) is 30.9 Å². The van der Waals surface area contributed by atoms with Crippen LogP contribution in [0.4, 0.5) is 4.39 Å². The molecule has 3 aromatic heterocycles. The molecule has 0 radical (unpaired) electrons. The van der Waals surface area contributed by atoms with E-state index in [1.807, 2.05) is 4.40 Å². The second kappa shape index (κ2) is 6.54. The first kappa shape index (κ1) is 17.6. The lowest BCUT2D eigenvalue weighted by molar-refractivity contribution is 0.208. The predicted molar refractivity (Wildman–Crippen MR) is 102 cm³/mol. The van der Waals surface area contributed by atoms with Crippen molar-refractivity contribution in [1.29, 1.82) is 0 Å². The SMILES string of the molecule is COc1ccc(-n2cc(C(O)c3c(C4CC4)sc4cncn34)nn2)c(F)c1Cl. The summed E-state index contributed by atoms with van der Waals surface area (Å²) < 4.78 is 22.7. The first-order valence-electron chi connectivity index (χ1n) is 8.65. The first-order valence-corrected chi connectivity index (χ1v) is 9.85. The number of fused-ring (bicyclic) bond motifs is 1. The van der Waals surface area contributed by atoms with E-state index >= 15 is 0 Å². The average Bonchev–Trinajstić information content (AvgIpc) is 3.10. The number of nitrogens with zero attached hydrogens (tertiary/aromatic N) is 5. The fourth-order valence-electron chi connectivity index (χ4n) is 3.24. The number of aromatic nitrogens is 5. The number of benzene rings is 1. The highest BCUT2D eigenvalue weighted by Crippen LogP contribution is 2.47. The molecule has 0 aliphatic heterocycles. The second-order valence-electron chi connectivity index (χ2n) is 6.63. The highest BCUT2D eigenvalue weighted by atomic mass is 35.5. The predicted octanol–water partition coefficient (Wildman–Crippen LogP) is 3.74. The number of hydrogen-bond acceptors (Lipinski definition) is 6. The van der Waals surface area contributed by atoms with Crippen LogP contribution in [0.3, 0.4) is 0 Å². The first-order chi connectivity index (χ1) is 13.6. The van der Waals surface area contributed by atoms with Crippen LogP contribution in [-0.4, -0.2) is 36.6 Å². The van der Waals surface area contributed by atoms with E-state index in [-0.39, 0.29) is 16.5 Å². The minimum Gasteiger partial charge on any atom is -0.495 e. The molecule has 1 aromatic carbocycles. The standard InChI is InChI=1S/C18H15ClFN5O2S/c1-27-12-5-4-11(15(20)14(12)19)25-7-10(22-23-25)17(26)16-18(9-2-3-9)28-13-6-21-8-24(13)16/h4-9,17,26H,2-3H2,1H3. The molecule has 144 valence electrons. The van der Waals surface area contributed by atoms with Crippen LogP contribution in [0.5, 0.6) is 5.75 Å². The molecule has 1 unspecified atom stereocenters. The lowest BCUT2D eigenvalue weighted by Gasteiger charge is -2.10. The maximum absolute atomic E-state index is 14.6. The number of ether oxygens (including phenoxy) is 1. The Labute approximate surface area is 168 Å². The van der Waals surface area contributed by atoms with Crippen molar-refractivity contribution in [2.45, 2.75) is 24.9 Å². The van der Waals surface area contributed by atoms with E-state index in [1.165, 1.54) is 24.1 Å². The molecule has 1 atom stereocenters. The Hall–Kier alpha value is -2.49. The van der Waals surface area contributed by atoms with E-state index in [4.69, 9.17) is 16.3 Å². The fourth-order valence-corrected chi connectivity index (χ4v) is 4.78. The van der Waals surface area contributed by atoms with Crippen LogP contribution in [0.15, 0.2) is 30.9 Å². The summed E-state index contributed by atoms with van der Waals surface area (Å²) in [6.45, 7) is 0. The molecule has 1 aliphatic carbocycles. The van der Waals surface area contributed by atoms with Gasteiger partial charge in [0, 0.05) is 4.88 Å². The van der Waals surface area contributed by atoms with Gasteiger partial charge in [-0.2, -0.15) is 0 Å². The molecule has 3 heterocycles. The molecule has 1 fully saturated rings. The van der Waals surface area contributed by atoms with E-state index in [1.54, 1.807) is 29.9 Å². The average molecular weight is 420 g/mol. The van der Waals surface area contributed by atoms with Crippen LogP contribution in [0, 0.1) is 5.82 Å². The summed E-state index contributed by atoms with van der Waals surface area (Å²) in [5.74, 6) is 0.0266. The van der Waals surface area contributed by atoms with E-state index in [0.29, 0.717) is 11.6 Å². The number of halogens is 2. The molecule has 0 spiro atoms. The lowest BCUT2D eigenvalue weighted by atomic mass is 10.1. The molecule has 10 heteroatoms. The van der Waals surface area contributed by atoms with Crippen LogP contribution in [0.25, 0.3) is 10.5 Å². The van der Waals surface area contributed by atoms with Crippen LogP contribution in [0.1, 0.15) is 41.1 Å². The van der Waals surface area contributed by atoms with Gasteiger partial charge in [0.15, 0.2) is 5.82 Å². The van der Waals surface area contributed by atoms with Gasteiger partial charge >= 0.3 is 0 Å². The van der Waals surface area contributed by atoms with Gasteiger partial charge in [-0.3, -0.25) is 4.40 Å². The Morgan fingerprint density at radius 2 is 2.21 bits per heavy atom. The monoisotopic (exact) mass is 419 g/mol. The molecular formula is C18H15ClFN5O2S. The van der Waals surface area contributed by atoms with Crippen molar-refractivity contribution in [3.8, 4) is 11.4 Å². The van der Waals surface area contributed by atoms with Crippen molar-refractivity contribution >= 4 is 27.8 Å². The number of aliphatic hydroxyl groups excluding tert-OH is 1. The van der Waals surface area contributed by atoms with Gasteiger partial charge in [-0.15, -0.1) is 16.4 Å². The van der Waals surface area contributed by atoms with Crippen LogP contribution in [0.2, 0.25) is 5.02 Å². The molecule has 1 saturated carbocycles. The smallest absolute Gasteiger partial charge is 0.171 e. The van der Waals surface area contributed by atoms with Gasteiger partial charge in [0.25, 0.3) is 0 Å². The summed E-state index contributed by atoms with van der Waals surface area (Å²) in [7, 11) is 1.42. The molecule has 0 bridgehead atoms. The maximum Gasteiger partial charge on any atom is 0.171 e. The number of thiazole rings is 1. The zero-order valence-corrected chi connectivity index (χ0v) is 16.3. The molecule has 0 saturated heterocycles. The van der Waals surface area contributed by atoms with Gasteiger partial charge in [-0.25, -0.2) is 14.1 Å². The minimum absolute atomic E-state index is 0.122. The third-order valence-corrected chi connectivity index (χ3v) is 6.45. The normalized spacial score (nSPS) is 15.3. The molecule has 1 N–H and O–H groups in total. The molecule has 28 heavy (non-hydrogen) atoms. The lowest BCUT2D eigenvalue weighted by Crippen LogP contribution is -2.06. The van der Waals surface area contributed by atoms with E-state index in [2.05, 4.69) is 15.3 Å². The molecule has 5 rings (SSSR count). The summed E-state index contributed by atoms with van der Waals surface area (Å²) in [6, 6.07) is 3.05. The molecule has 7 nitrogen and oxygen atoms in total. The summed E-state index contributed by atoms with van der Waals surface area (Å²) in [5, 5.41) is 18.9. The number of rotatable bonds is 5. The van der Waals surface area contributed by atoms with Gasteiger partial charge < -0.3 is 9.84 Å². The van der Waals surface area contributed by atoms with Gasteiger partial charge in [0.2, 0.25) is 0 Å². The van der Waals surface area contributed by atoms with Crippen molar-refractivity contribution in [3.63, 3.8) is 0 Å². The number of hydrogen-bond donors (Lipinski definition) is 1. The van der Waals surface area contributed by atoms with Crippen LogP contribution >= 0.6 is 22.9 Å². The molecule has 1 aliphatic rings. The molecular weight excluding hydrogens is 405 g/mol. The topological polar surface area (TPSA) is 77.5 Å². The number of imidazole rings is 1. The Bertz CT molecular complexity index is 1180. The zero-order chi connectivity index (χ0) is 19.4. The van der Waals surface area contributed by atoms with E-state index in [0.717, 1.165) is 28.2 Å². The van der Waals surface area contributed by atoms with Gasteiger partial charge in [0.1, 0.15) is 39.4 Å². The van der Waals surface area contributed by atoms with Crippen LogP contribution < -0.4 is 4.74 Å². The quantitative estimate of drug-likeness (QED) is 0.533. The Balaban J connectivity index is 1.55. The van der Waals surface area contributed by atoms with Gasteiger partial charge in [-0.1, -0.05) is 16.8 Å². The summed E-state index contributed by atoms with van der Waals surface area (Å²) in [5.41, 5.74) is 1.19. The largest absolute Gasteiger partial charge is 0.495 e. The maximum atomic E-state index is 14.6. The summed E-state index contributed by atoms with van der Waals surface area (Å²) >= 11 is 7.62. The van der Waals surface area contributed by atoms with Gasteiger partial charge in [0.05, 0.1) is 25.2 Å². The summed E-state index contributed by atoms with van der Waals surface area (Å²) in [6.07, 6.45) is 6.19. The number of aliphatic hydroxyl groups is 1. The minimum atomic E-state index is -0.996. The van der Waals surface area contributed by atoms with E-state index < -0.39 is 11.9 Å². The van der Waals surface area contributed by atoms with Crippen molar-refractivity contribution in [3.05, 3.63) is 58.0 Å². The Kier molecular flexibility index (Phi) is 4.11. The third kappa shape index (κ3) is 2.69. The number of methoxy groups -OCH3 is 1. The molecule has 0 amide bonds.